The van der Waals surface area contributed by atoms with E-state index in [0.29, 0.717) is 19.6 Å². The van der Waals surface area contributed by atoms with E-state index in [4.69, 9.17) is 4.74 Å². The predicted octanol–water partition coefficient (Wildman–Crippen LogP) is 2.42. The summed E-state index contributed by atoms with van der Waals surface area (Å²) in [6.07, 6.45) is 3.83. The zero-order valence-corrected chi connectivity index (χ0v) is 17.3. The number of hydrogen-bond donors (Lipinski definition) is 0. The van der Waals surface area contributed by atoms with E-state index in [1.807, 2.05) is 6.92 Å². The summed E-state index contributed by atoms with van der Waals surface area (Å²) in [7, 11) is -3.58. The minimum Gasteiger partial charge on any atom is -0.449 e. The lowest BCUT2D eigenvalue weighted by atomic mass is 10.1. The van der Waals surface area contributed by atoms with Crippen LogP contribution in [0.15, 0.2) is 29.2 Å². The fourth-order valence-corrected chi connectivity index (χ4v) is 5.50. The standard InChI is InChI=1S/C20H28N2O5S/c1-15-7-3-4-14-22(15)28(25,26)18-10-8-17(9-11-18)20(24)27-16(2)19(23)21-12-5-6-13-21/h8-11,15-16H,3-7,12-14H2,1-2H3/t15-,16+/m1/s1. The van der Waals surface area contributed by atoms with Crippen LogP contribution in [0.25, 0.3) is 0 Å². The minimum atomic E-state index is -3.58. The van der Waals surface area contributed by atoms with E-state index in [-0.39, 0.29) is 22.4 Å². The van der Waals surface area contributed by atoms with Crippen molar-refractivity contribution in [1.29, 1.82) is 0 Å². The van der Waals surface area contributed by atoms with Crippen LogP contribution in [0.3, 0.4) is 0 Å². The zero-order valence-electron chi connectivity index (χ0n) is 16.5. The Morgan fingerprint density at radius 2 is 1.64 bits per heavy atom. The van der Waals surface area contributed by atoms with Gasteiger partial charge in [0, 0.05) is 25.7 Å². The first-order valence-electron chi connectivity index (χ1n) is 9.92. The number of sulfonamides is 1. The van der Waals surface area contributed by atoms with Gasteiger partial charge in [0.25, 0.3) is 5.91 Å². The quantitative estimate of drug-likeness (QED) is 0.699. The Morgan fingerprint density at radius 3 is 2.25 bits per heavy atom. The molecule has 7 nitrogen and oxygen atoms in total. The van der Waals surface area contributed by atoms with Gasteiger partial charge in [-0.05, 0) is 63.8 Å². The van der Waals surface area contributed by atoms with Crippen LogP contribution in [0, 0.1) is 0 Å². The molecule has 28 heavy (non-hydrogen) atoms. The highest BCUT2D eigenvalue weighted by Crippen LogP contribution is 2.25. The molecule has 2 saturated heterocycles. The van der Waals surface area contributed by atoms with E-state index >= 15 is 0 Å². The molecule has 2 heterocycles. The average Bonchev–Trinajstić information content (AvgIpc) is 3.22. The molecule has 0 aliphatic carbocycles. The number of amides is 1. The summed E-state index contributed by atoms with van der Waals surface area (Å²) in [5, 5.41) is 0. The first kappa shape index (κ1) is 20.8. The van der Waals surface area contributed by atoms with E-state index in [1.165, 1.54) is 28.6 Å². The second-order valence-corrected chi connectivity index (χ2v) is 9.46. The van der Waals surface area contributed by atoms with Crippen LogP contribution in [0.2, 0.25) is 0 Å². The summed E-state index contributed by atoms with van der Waals surface area (Å²) in [6.45, 7) is 5.39. The molecule has 8 heteroatoms. The lowest BCUT2D eigenvalue weighted by Gasteiger charge is -2.32. The van der Waals surface area contributed by atoms with Gasteiger partial charge in [0.1, 0.15) is 0 Å². The second kappa shape index (κ2) is 8.61. The van der Waals surface area contributed by atoms with Crippen LogP contribution >= 0.6 is 0 Å². The van der Waals surface area contributed by atoms with Crippen LogP contribution < -0.4 is 0 Å². The van der Waals surface area contributed by atoms with E-state index < -0.39 is 22.1 Å². The van der Waals surface area contributed by atoms with Crippen molar-refractivity contribution in [2.75, 3.05) is 19.6 Å². The van der Waals surface area contributed by atoms with Crippen LogP contribution in [0.1, 0.15) is 56.3 Å². The normalized spacial score (nSPS) is 22.1. The van der Waals surface area contributed by atoms with Gasteiger partial charge in [-0.3, -0.25) is 4.79 Å². The van der Waals surface area contributed by atoms with Crippen LogP contribution in [0.4, 0.5) is 0 Å². The maximum Gasteiger partial charge on any atom is 0.338 e. The van der Waals surface area contributed by atoms with Gasteiger partial charge in [-0.2, -0.15) is 4.31 Å². The van der Waals surface area contributed by atoms with Gasteiger partial charge in [-0.1, -0.05) is 6.42 Å². The van der Waals surface area contributed by atoms with Crippen molar-refractivity contribution >= 4 is 21.9 Å². The van der Waals surface area contributed by atoms with Gasteiger partial charge in [0.15, 0.2) is 6.10 Å². The zero-order chi connectivity index (χ0) is 20.3. The summed E-state index contributed by atoms with van der Waals surface area (Å²) in [5.74, 6) is -0.820. The second-order valence-electron chi connectivity index (χ2n) is 7.56. The van der Waals surface area contributed by atoms with Gasteiger partial charge in [0.05, 0.1) is 10.5 Å². The topological polar surface area (TPSA) is 84.0 Å². The van der Waals surface area contributed by atoms with Crippen LogP contribution in [-0.4, -0.2) is 61.3 Å². The third-order valence-electron chi connectivity index (χ3n) is 5.49. The van der Waals surface area contributed by atoms with Crippen molar-refractivity contribution in [3.8, 4) is 0 Å². The fourth-order valence-electron chi connectivity index (χ4n) is 3.80. The Bertz CT molecular complexity index is 816. The summed E-state index contributed by atoms with van der Waals surface area (Å²) >= 11 is 0. The van der Waals surface area contributed by atoms with Crippen molar-refractivity contribution < 1.29 is 22.7 Å². The van der Waals surface area contributed by atoms with E-state index in [9.17, 15) is 18.0 Å². The highest BCUT2D eigenvalue weighted by Gasteiger charge is 2.31. The molecule has 0 unspecified atom stereocenters. The van der Waals surface area contributed by atoms with Crippen LogP contribution in [0.5, 0.6) is 0 Å². The lowest BCUT2D eigenvalue weighted by Crippen LogP contribution is -2.41. The average molecular weight is 409 g/mol. The number of carbonyl (C=O) groups is 2. The van der Waals surface area contributed by atoms with Gasteiger partial charge >= 0.3 is 5.97 Å². The molecule has 0 radical (unpaired) electrons. The predicted molar refractivity (Wildman–Crippen MR) is 104 cm³/mol. The van der Waals surface area contributed by atoms with Gasteiger partial charge < -0.3 is 9.64 Å². The number of benzene rings is 1. The molecule has 0 N–H and O–H groups in total. The molecule has 0 bridgehead atoms. The van der Waals surface area contributed by atoms with E-state index in [1.54, 1.807) is 11.8 Å². The number of carbonyl (C=O) groups excluding carboxylic acids is 2. The number of nitrogens with zero attached hydrogens (tertiary/aromatic N) is 2. The third kappa shape index (κ3) is 4.38. The molecular weight excluding hydrogens is 380 g/mol. The number of piperidine rings is 1. The van der Waals surface area contributed by atoms with Crippen LogP contribution in [-0.2, 0) is 19.6 Å². The molecule has 1 amide bonds. The monoisotopic (exact) mass is 408 g/mol. The van der Waals surface area contributed by atoms with Crippen molar-refractivity contribution in [2.45, 2.75) is 63.0 Å². The number of esters is 1. The summed E-state index contributed by atoms with van der Waals surface area (Å²) in [4.78, 5) is 26.5. The Hall–Kier alpha value is -1.93. The maximum atomic E-state index is 12.9. The smallest absolute Gasteiger partial charge is 0.338 e. The molecule has 1 aromatic rings. The lowest BCUT2D eigenvalue weighted by molar-refractivity contribution is -0.138. The maximum absolute atomic E-state index is 12.9. The Kier molecular flexibility index (Phi) is 6.40. The highest BCUT2D eigenvalue weighted by molar-refractivity contribution is 7.89. The molecule has 2 fully saturated rings. The Morgan fingerprint density at radius 1 is 1.04 bits per heavy atom. The Labute approximate surface area is 166 Å². The molecule has 1 aromatic carbocycles. The number of rotatable bonds is 5. The van der Waals surface area contributed by atoms with Gasteiger partial charge in [0.2, 0.25) is 10.0 Å². The first-order valence-corrected chi connectivity index (χ1v) is 11.4. The molecule has 2 aliphatic heterocycles. The van der Waals surface area contributed by atoms with E-state index in [0.717, 1.165) is 32.1 Å². The van der Waals surface area contributed by atoms with Crippen molar-refractivity contribution in [3.63, 3.8) is 0 Å². The molecule has 0 saturated carbocycles. The third-order valence-corrected chi connectivity index (χ3v) is 7.52. The molecular formula is C20H28N2O5S. The van der Waals surface area contributed by atoms with Gasteiger partial charge in [-0.15, -0.1) is 0 Å². The number of ether oxygens (including phenoxy) is 1. The summed E-state index contributed by atoms with van der Waals surface area (Å²) in [6, 6.07) is 5.72. The van der Waals surface area contributed by atoms with E-state index in [2.05, 4.69) is 0 Å². The fraction of sp³-hybridized carbons (Fsp3) is 0.600. The molecule has 3 rings (SSSR count). The first-order chi connectivity index (χ1) is 13.3. The SMILES string of the molecule is C[C@H](OC(=O)c1ccc(S(=O)(=O)N2CCCC[C@H]2C)cc1)C(=O)N1CCCC1. The molecule has 2 atom stereocenters. The minimum absolute atomic E-state index is 0.0270. The molecule has 154 valence electrons. The summed E-state index contributed by atoms with van der Waals surface area (Å²) in [5.41, 5.74) is 0.228. The largest absolute Gasteiger partial charge is 0.449 e. The summed E-state index contributed by atoms with van der Waals surface area (Å²) < 4.78 is 32.5. The Balaban J connectivity index is 1.66. The molecule has 2 aliphatic rings. The van der Waals surface area contributed by atoms with Crippen molar-refractivity contribution in [3.05, 3.63) is 29.8 Å². The van der Waals surface area contributed by atoms with Gasteiger partial charge in [-0.25, -0.2) is 13.2 Å². The molecule has 0 spiro atoms. The number of hydrogen-bond acceptors (Lipinski definition) is 5. The molecule has 0 aromatic heterocycles. The highest BCUT2D eigenvalue weighted by atomic mass is 32.2. The van der Waals surface area contributed by atoms with Crippen molar-refractivity contribution in [1.82, 2.24) is 9.21 Å². The van der Waals surface area contributed by atoms with Crippen molar-refractivity contribution in [2.24, 2.45) is 0 Å². The number of likely N-dealkylation sites (tertiary alicyclic amines) is 1.